The molecule has 2 atom stereocenters. The third-order valence-corrected chi connectivity index (χ3v) is 6.48. The van der Waals surface area contributed by atoms with Crippen LogP contribution in [0.5, 0.6) is 0 Å². The highest BCUT2D eigenvalue weighted by molar-refractivity contribution is 7.99. The van der Waals surface area contributed by atoms with Gasteiger partial charge in [-0.15, -0.1) is 0 Å². The molecule has 2 saturated heterocycles. The van der Waals surface area contributed by atoms with Crippen molar-refractivity contribution in [3.63, 3.8) is 0 Å². The van der Waals surface area contributed by atoms with Gasteiger partial charge in [-0.25, -0.2) is 0 Å². The van der Waals surface area contributed by atoms with Gasteiger partial charge in [0.2, 0.25) is 0 Å². The molecule has 0 unspecified atom stereocenters. The van der Waals surface area contributed by atoms with E-state index < -0.39 is 0 Å². The van der Waals surface area contributed by atoms with Crippen LogP contribution >= 0.6 is 23.1 Å². The van der Waals surface area contributed by atoms with Crippen molar-refractivity contribution in [3.8, 4) is 0 Å². The minimum Gasteiger partial charge on any atom is -0.379 e. The van der Waals surface area contributed by atoms with E-state index in [1.165, 1.54) is 23.5 Å². The van der Waals surface area contributed by atoms with Gasteiger partial charge in [0.05, 0.1) is 13.2 Å². The number of rotatable bonds is 5. The Labute approximate surface area is 130 Å². The molecule has 3 nitrogen and oxygen atoms in total. The van der Waals surface area contributed by atoms with Crippen LogP contribution < -0.4 is 5.32 Å². The van der Waals surface area contributed by atoms with Gasteiger partial charge < -0.3 is 10.1 Å². The van der Waals surface area contributed by atoms with Crippen molar-refractivity contribution in [1.82, 2.24) is 10.2 Å². The maximum atomic E-state index is 5.52. The molecule has 5 heteroatoms. The number of hydrogen-bond acceptors (Lipinski definition) is 5. The zero-order valence-electron chi connectivity index (χ0n) is 12.1. The molecule has 3 heterocycles. The van der Waals surface area contributed by atoms with E-state index in [0.717, 1.165) is 32.8 Å². The first-order chi connectivity index (χ1) is 9.80. The van der Waals surface area contributed by atoms with E-state index in [1.807, 2.05) is 0 Å². The van der Waals surface area contributed by atoms with Crippen LogP contribution in [0.4, 0.5) is 0 Å². The average Bonchev–Trinajstić information content (AvgIpc) is 3.18. The number of ether oxygens (including phenoxy) is 1. The molecule has 1 N–H and O–H groups in total. The molecule has 0 bridgehead atoms. The molecule has 2 fully saturated rings. The van der Waals surface area contributed by atoms with Crippen LogP contribution in [-0.2, 0) is 4.74 Å². The summed E-state index contributed by atoms with van der Waals surface area (Å²) in [4.78, 5) is 2.67. The van der Waals surface area contributed by atoms with Crippen molar-refractivity contribution in [3.05, 3.63) is 22.4 Å². The highest BCUT2D eigenvalue weighted by Crippen LogP contribution is 2.34. The van der Waals surface area contributed by atoms with Crippen LogP contribution in [-0.4, -0.2) is 54.8 Å². The van der Waals surface area contributed by atoms with Crippen molar-refractivity contribution in [2.45, 2.75) is 24.9 Å². The van der Waals surface area contributed by atoms with Crippen LogP contribution in [0, 0.1) is 0 Å². The molecule has 20 heavy (non-hydrogen) atoms. The lowest BCUT2D eigenvalue weighted by molar-refractivity contribution is -0.0139. The Morgan fingerprint density at radius 2 is 2.30 bits per heavy atom. The highest BCUT2D eigenvalue weighted by Gasteiger charge is 2.40. The number of morpholine rings is 1. The smallest absolute Gasteiger partial charge is 0.0594 e. The number of nitrogens with zero attached hydrogens (tertiary/aromatic N) is 1. The Kier molecular flexibility index (Phi) is 5.04. The zero-order valence-corrected chi connectivity index (χ0v) is 13.8. The minimum atomic E-state index is 0.346. The normalized spacial score (nSPS) is 29.6. The van der Waals surface area contributed by atoms with Gasteiger partial charge in [-0.05, 0) is 41.5 Å². The molecule has 0 spiro atoms. The van der Waals surface area contributed by atoms with Gasteiger partial charge >= 0.3 is 0 Å². The number of thiophene rings is 1. The van der Waals surface area contributed by atoms with Crippen LogP contribution in [0.1, 0.15) is 24.9 Å². The number of thioether (sulfide) groups is 1. The van der Waals surface area contributed by atoms with Crippen LogP contribution in [0.3, 0.4) is 0 Å². The average molecular weight is 313 g/mol. The molecular weight excluding hydrogens is 288 g/mol. The summed E-state index contributed by atoms with van der Waals surface area (Å²) in [7, 11) is 0. The second-order valence-electron chi connectivity index (χ2n) is 5.79. The number of hydrogen-bond donors (Lipinski definition) is 1. The monoisotopic (exact) mass is 312 g/mol. The summed E-state index contributed by atoms with van der Waals surface area (Å²) in [6, 6.07) is 2.68. The van der Waals surface area contributed by atoms with Crippen molar-refractivity contribution < 1.29 is 4.74 Å². The summed E-state index contributed by atoms with van der Waals surface area (Å²) in [5.41, 5.74) is 1.76. The summed E-state index contributed by atoms with van der Waals surface area (Å²) in [5, 5.41) is 8.19. The Bertz CT molecular complexity index is 398. The predicted molar refractivity (Wildman–Crippen MR) is 87.8 cm³/mol. The Balaban J connectivity index is 1.62. The summed E-state index contributed by atoms with van der Waals surface area (Å²) >= 11 is 3.89. The molecule has 3 rings (SSSR count). The standard InChI is InChI=1S/C15H24N2OS2/c1-13(14-2-8-19-10-14)16-11-15(3-9-20-12-15)17-4-6-18-7-5-17/h2,8,10,13,16H,3-7,9,11-12H2,1H3/t13-,15-/m0/s1. The fourth-order valence-electron chi connectivity index (χ4n) is 3.12. The molecule has 0 amide bonds. The lowest BCUT2D eigenvalue weighted by Crippen LogP contribution is -2.58. The SMILES string of the molecule is C[C@H](NC[C@@]1(N2CCOCC2)CCSC1)c1ccsc1. The van der Waals surface area contributed by atoms with Crippen LogP contribution in [0.2, 0.25) is 0 Å². The Hall–Kier alpha value is -0.0700. The van der Waals surface area contributed by atoms with E-state index in [0.29, 0.717) is 11.6 Å². The van der Waals surface area contributed by atoms with Crippen LogP contribution in [0.25, 0.3) is 0 Å². The van der Waals surface area contributed by atoms with Gasteiger partial charge in [0.15, 0.2) is 0 Å². The van der Waals surface area contributed by atoms with Crippen LogP contribution in [0.15, 0.2) is 16.8 Å². The number of nitrogens with one attached hydrogen (secondary N) is 1. The van der Waals surface area contributed by atoms with Gasteiger partial charge in [0, 0.05) is 37.0 Å². The zero-order chi connectivity index (χ0) is 13.8. The van der Waals surface area contributed by atoms with Gasteiger partial charge in [0.25, 0.3) is 0 Å². The van der Waals surface area contributed by atoms with E-state index >= 15 is 0 Å². The van der Waals surface area contributed by atoms with E-state index in [4.69, 9.17) is 4.74 Å². The summed E-state index contributed by atoms with van der Waals surface area (Å²) in [6.45, 7) is 7.34. The van der Waals surface area contributed by atoms with Gasteiger partial charge in [-0.2, -0.15) is 23.1 Å². The fraction of sp³-hybridized carbons (Fsp3) is 0.733. The first-order valence-corrected chi connectivity index (χ1v) is 9.56. The Morgan fingerprint density at radius 3 is 2.95 bits per heavy atom. The molecule has 1 aromatic rings. The quantitative estimate of drug-likeness (QED) is 0.903. The molecule has 0 saturated carbocycles. The summed E-state index contributed by atoms with van der Waals surface area (Å²) in [6.07, 6.45) is 1.31. The highest BCUT2D eigenvalue weighted by atomic mass is 32.2. The molecule has 0 aromatic carbocycles. The molecule has 2 aliphatic rings. The topological polar surface area (TPSA) is 24.5 Å². The van der Waals surface area contributed by atoms with Gasteiger partial charge in [-0.1, -0.05) is 0 Å². The predicted octanol–water partition coefficient (Wildman–Crippen LogP) is 2.61. The maximum Gasteiger partial charge on any atom is 0.0594 e. The first kappa shape index (κ1) is 14.9. The van der Waals surface area contributed by atoms with Gasteiger partial charge in [0.1, 0.15) is 0 Å². The summed E-state index contributed by atoms with van der Waals surface area (Å²) in [5.74, 6) is 2.56. The third kappa shape index (κ3) is 3.22. The molecule has 0 radical (unpaired) electrons. The van der Waals surface area contributed by atoms with Crippen molar-refractivity contribution >= 4 is 23.1 Å². The van der Waals surface area contributed by atoms with Gasteiger partial charge in [-0.3, -0.25) is 4.90 Å². The lowest BCUT2D eigenvalue weighted by Gasteiger charge is -2.43. The first-order valence-electron chi connectivity index (χ1n) is 7.46. The largest absolute Gasteiger partial charge is 0.379 e. The van der Waals surface area contributed by atoms with E-state index in [2.05, 4.69) is 45.7 Å². The van der Waals surface area contributed by atoms with E-state index in [1.54, 1.807) is 11.3 Å². The molecule has 0 aliphatic carbocycles. The maximum absolute atomic E-state index is 5.52. The lowest BCUT2D eigenvalue weighted by atomic mass is 9.95. The molecular formula is C15H24N2OS2. The third-order valence-electron chi connectivity index (χ3n) is 4.54. The van der Waals surface area contributed by atoms with E-state index in [9.17, 15) is 0 Å². The fourth-order valence-corrected chi connectivity index (χ4v) is 5.35. The summed E-state index contributed by atoms with van der Waals surface area (Å²) < 4.78 is 5.52. The van der Waals surface area contributed by atoms with Crippen molar-refractivity contribution in [1.29, 1.82) is 0 Å². The second kappa shape index (κ2) is 6.79. The van der Waals surface area contributed by atoms with Crippen molar-refractivity contribution in [2.75, 3.05) is 44.4 Å². The van der Waals surface area contributed by atoms with E-state index in [-0.39, 0.29) is 0 Å². The Morgan fingerprint density at radius 1 is 1.45 bits per heavy atom. The molecule has 1 aromatic heterocycles. The van der Waals surface area contributed by atoms with Crippen molar-refractivity contribution in [2.24, 2.45) is 0 Å². The second-order valence-corrected chi connectivity index (χ2v) is 7.67. The molecule has 112 valence electrons. The molecule has 2 aliphatic heterocycles. The minimum absolute atomic E-state index is 0.346.